The third-order valence-electron chi connectivity index (χ3n) is 4.60. The number of amides is 1. The number of anilines is 1. The second kappa shape index (κ2) is 9.42. The van der Waals surface area contributed by atoms with E-state index in [9.17, 15) is 23.2 Å². The van der Waals surface area contributed by atoms with E-state index in [-0.39, 0.29) is 33.1 Å². The first-order chi connectivity index (χ1) is 14.7. The van der Waals surface area contributed by atoms with Crippen LogP contribution in [0.15, 0.2) is 44.8 Å². The van der Waals surface area contributed by atoms with Crippen LogP contribution in [-0.4, -0.2) is 26.2 Å². The molecule has 1 amide bonds. The van der Waals surface area contributed by atoms with Crippen molar-refractivity contribution in [2.45, 2.75) is 50.3 Å². The zero-order chi connectivity index (χ0) is 22.7. The summed E-state index contributed by atoms with van der Waals surface area (Å²) in [7, 11) is 0. The molecule has 2 N–H and O–H groups in total. The van der Waals surface area contributed by atoms with Crippen molar-refractivity contribution in [2.75, 3.05) is 5.32 Å². The maximum Gasteiger partial charge on any atom is 0.329 e. The highest BCUT2D eigenvalue weighted by atomic mass is 32.2. The number of fused-ring (bicyclic) bond motifs is 1. The minimum Gasteiger partial charge on any atom is -0.321 e. The van der Waals surface area contributed by atoms with E-state index >= 15 is 0 Å². The number of para-hydroxylation sites is 1. The van der Waals surface area contributed by atoms with Crippen LogP contribution in [0.3, 0.4) is 0 Å². The molecule has 3 rings (SSSR count). The lowest BCUT2D eigenvalue weighted by Crippen LogP contribution is -2.32. The molecule has 0 saturated carbocycles. The van der Waals surface area contributed by atoms with Gasteiger partial charge < -0.3 is 5.32 Å². The third kappa shape index (κ3) is 4.84. The van der Waals surface area contributed by atoms with Crippen molar-refractivity contribution in [3.05, 3.63) is 62.4 Å². The van der Waals surface area contributed by atoms with Gasteiger partial charge in [-0.1, -0.05) is 44.7 Å². The average molecular weight is 448 g/mol. The molecule has 0 atom stereocenters. The van der Waals surface area contributed by atoms with Gasteiger partial charge in [0, 0.05) is 17.1 Å². The standard InChI is InChI=1S/C21H22F2N4O3S/c1-4-9-27-17-16(19(29)26-21(27)30)12(10-14(24-17)11(2)3)18(28)25-13-7-5-6-8-15(13)31-20(22)23/h5-8,10-11,20H,4,9H2,1-3H3,(H,25,28)(H,26,29,30). The Hall–Kier alpha value is -3.01. The smallest absolute Gasteiger partial charge is 0.321 e. The number of nitrogens with one attached hydrogen (secondary N) is 2. The van der Waals surface area contributed by atoms with Gasteiger partial charge in [0.25, 0.3) is 17.2 Å². The summed E-state index contributed by atoms with van der Waals surface area (Å²) >= 11 is 0.314. The fraction of sp³-hybridized carbons (Fsp3) is 0.333. The lowest BCUT2D eigenvalue weighted by atomic mass is 10.0. The molecule has 2 aromatic heterocycles. The highest BCUT2D eigenvalue weighted by Gasteiger charge is 2.21. The molecule has 10 heteroatoms. The molecule has 3 aromatic rings. The number of benzene rings is 1. The molecule has 0 unspecified atom stereocenters. The van der Waals surface area contributed by atoms with E-state index in [1.54, 1.807) is 12.1 Å². The Morgan fingerprint density at radius 2 is 1.97 bits per heavy atom. The zero-order valence-electron chi connectivity index (χ0n) is 17.2. The molecule has 164 valence electrons. The number of aromatic nitrogens is 3. The van der Waals surface area contributed by atoms with E-state index in [0.29, 0.717) is 30.4 Å². The molecule has 0 bridgehead atoms. The molecule has 2 heterocycles. The molecular weight excluding hydrogens is 426 g/mol. The summed E-state index contributed by atoms with van der Waals surface area (Å²) in [6, 6.07) is 7.68. The van der Waals surface area contributed by atoms with Gasteiger partial charge in [-0.2, -0.15) is 8.78 Å². The Balaban J connectivity index is 2.20. The fourth-order valence-corrected chi connectivity index (χ4v) is 3.75. The highest BCUT2D eigenvalue weighted by molar-refractivity contribution is 7.99. The number of rotatable bonds is 7. The van der Waals surface area contributed by atoms with E-state index in [2.05, 4.69) is 15.3 Å². The van der Waals surface area contributed by atoms with E-state index in [1.807, 2.05) is 20.8 Å². The number of pyridine rings is 1. The van der Waals surface area contributed by atoms with Gasteiger partial charge >= 0.3 is 5.69 Å². The Morgan fingerprint density at radius 1 is 1.26 bits per heavy atom. The largest absolute Gasteiger partial charge is 0.329 e. The molecule has 0 aliphatic rings. The Bertz CT molecular complexity index is 1240. The molecule has 0 saturated heterocycles. The van der Waals surface area contributed by atoms with Crippen LogP contribution in [0.1, 0.15) is 49.2 Å². The molecular formula is C21H22F2N4O3S. The van der Waals surface area contributed by atoms with Crippen molar-refractivity contribution in [2.24, 2.45) is 0 Å². The van der Waals surface area contributed by atoms with Crippen LogP contribution in [0.2, 0.25) is 0 Å². The van der Waals surface area contributed by atoms with Gasteiger partial charge in [-0.15, -0.1) is 0 Å². The number of halogens is 2. The van der Waals surface area contributed by atoms with Crippen molar-refractivity contribution in [3.63, 3.8) is 0 Å². The summed E-state index contributed by atoms with van der Waals surface area (Å²) in [6.07, 6.45) is 0.619. The summed E-state index contributed by atoms with van der Waals surface area (Å²) < 4.78 is 27.1. The summed E-state index contributed by atoms with van der Waals surface area (Å²) in [5, 5.41) is 2.60. The third-order valence-corrected chi connectivity index (χ3v) is 5.39. The molecule has 0 radical (unpaired) electrons. The second-order valence-electron chi connectivity index (χ2n) is 7.19. The maximum absolute atomic E-state index is 13.2. The Kier molecular flexibility index (Phi) is 6.89. The van der Waals surface area contributed by atoms with Crippen LogP contribution >= 0.6 is 11.8 Å². The Morgan fingerprint density at radius 3 is 2.61 bits per heavy atom. The molecule has 31 heavy (non-hydrogen) atoms. The summed E-state index contributed by atoms with van der Waals surface area (Å²) in [4.78, 5) is 45.1. The molecule has 0 aliphatic heterocycles. The SMILES string of the molecule is CCCn1c(=O)[nH]c(=O)c2c(C(=O)Nc3ccccc3SC(F)F)cc(C(C)C)nc21. The zero-order valence-corrected chi connectivity index (χ0v) is 18.1. The van der Waals surface area contributed by atoms with Crippen molar-refractivity contribution in [1.82, 2.24) is 14.5 Å². The monoisotopic (exact) mass is 448 g/mol. The van der Waals surface area contributed by atoms with Gasteiger partial charge in [0.05, 0.1) is 16.6 Å². The first-order valence-electron chi connectivity index (χ1n) is 9.75. The van der Waals surface area contributed by atoms with E-state index in [0.717, 1.165) is 0 Å². The van der Waals surface area contributed by atoms with Crippen molar-refractivity contribution < 1.29 is 13.6 Å². The van der Waals surface area contributed by atoms with Gasteiger partial charge in [-0.3, -0.25) is 19.1 Å². The van der Waals surface area contributed by atoms with Crippen LogP contribution in [0, 0.1) is 0 Å². The maximum atomic E-state index is 13.2. The van der Waals surface area contributed by atoms with Crippen molar-refractivity contribution in [3.8, 4) is 0 Å². The predicted molar refractivity (Wildman–Crippen MR) is 117 cm³/mol. The summed E-state index contributed by atoms with van der Waals surface area (Å²) in [5.74, 6) is -3.38. The molecule has 0 fully saturated rings. The Labute approximate surface area is 180 Å². The fourth-order valence-electron chi connectivity index (χ4n) is 3.16. The van der Waals surface area contributed by atoms with Crippen LogP contribution in [0.5, 0.6) is 0 Å². The number of carbonyl (C=O) groups excluding carboxylic acids is 1. The van der Waals surface area contributed by atoms with Crippen LogP contribution < -0.4 is 16.6 Å². The van der Waals surface area contributed by atoms with Gasteiger partial charge in [0.2, 0.25) is 0 Å². The normalized spacial score (nSPS) is 11.5. The van der Waals surface area contributed by atoms with E-state index < -0.39 is 22.9 Å². The minimum atomic E-state index is -2.65. The van der Waals surface area contributed by atoms with E-state index in [1.165, 1.54) is 22.8 Å². The number of hydrogen-bond donors (Lipinski definition) is 2. The summed E-state index contributed by atoms with van der Waals surface area (Å²) in [5.41, 5.74) is -0.443. The average Bonchev–Trinajstić information content (AvgIpc) is 2.71. The van der Waals surface area contributed by atoms with Crippen LogP contribution in [-0.2, 0) is 6.54 Å². The van der Waals surface area contributed by atoms with Crippen molar-refractivity contribution >= 4 is 34.4 Å². The van der Waals surface area contributed by atoms with Crippen LogP contribution in [0.25, 0.3) is 11.0 Å². The molecule has 0 aliphatic carbocycles. The minimum absolute atomic E-state index is 0.0195. The van der Waals surface area contributed by atoms with Crippen LogP contribution in [0.4, 0.5) is 14.5 Å². The topological polar surface area (TPSA) is 96.9 Å². The number of hydrogen-bond acceptors (Lipinski definition) is 5. The predicted octanol–water partition coefficient (Wildman–Crippen LogP) is 4.19. The number of thioether (sulfide) groups is 1. The van der Waals surface area contributed by atoms with Gasteiger partial charge in [0.1, 0.15) is 0 Å². The highest BCUT2D eigenvalue weighted by Crippen LogP contribution is 2.32. The lowest BCUT2D eigenvalue weighted by molar-refractivity contribution is 0.102. The number of aryl methyl sites for hydroxylation is 1. The van der Waals surface area contributed by atoms with Gasteiger partial charge in [0.15, 0.2) is 5.65 Å². The number of alkyl halides is 2. The molecule has 7 nitrogen and oxygen atoms in total. The first kappa shape index (κ1) is 22.7. The lowest BCUT2D eigenvalue weighted by Gasteiger charge is -2.15. The summed E-state index contributed by atoms with van der Waals surface area (Å²) in [6.45, 7) is 5.94. The van der Waals surface area contributed by atoms with Gasteiger partial charge in [-0.05, 0) is 30.5 Å². The number of aromatic amines is 1. The number of nitrogens with zero attached hydrogens (tertiary/aromatic N) is 2. The van der Waals surface area contributed by atoms with Crippen molar-refractivity contribution in [1.29, 1.82) is 0 Å². The molecule has 1 aromatic carbocycles. The van der Waals surface area contributed by atoms with Gasteiger partial charge in [-0.25, -0.2) is 9.78 Å². The number of carbonyl (C=O) groups is 1. The quantitative estimate of drug-likeness (QED) is 0.529. The second-order valence-corrected chi connectivity index (χ2v) is 8.22. The first-order valence-corrected chi connectivity index (χ1v) is 10.6. The number of H-pyrrole nitrogens is 1. The molecule has 0 spiro atoms. The van der Waals surface area contributed by atoms with E-state index in [4.69, 9.17) is 0 Å².